The zero-order chi connectivity index (χ0) is 12.7. The van der Waals surface area contributed by atoms with Gasteiger partial charge in [-0.15, -0.1) is 0 Å². The van der Waals surface area contributed by atoms with E-state index in [-0.39, 0.29) is 21.2 Å². The van der Waals surface area contributed by atoms with Crippen LogP contribution in [0.5, 0.6) is 0 Å². The van der Waals surface area contributed by atoms with Crippen LogP contribution in [0.25, 0.3) is 0 Å². The number of benzene rings is 1. The van der Waals surface area contributed by atoms with E-state index in [0.29, 0.717) is 0 Å². The lowest BCUT2D eigenvalue weighted by atomic mass is 10.4. The van der Waals surface area contributed by atoms with Crippen LogP contribution in [0.15, 0.2) is 30.9 Å². The number of rotatable bonds is 2. The molecule has 0 heterocycles. The van der Waals surface area contributed by atoms with Gasteiger partial charge in [0, 0.05) is 8.95 Å². The Balaban J connectivity index is 0. The van der Waals surface area contributed by atoms with Crippen molar-refractivity contribution in [1.29, 1.82) is 0 Å². The largest absolute Gasteiger partial charge is 0.744 e. The van der Waals surface area contributed by atoms with Gasteiger partial charge in [0.25, 0.3) is 0 Å². The molecule has 18 heavy (non-hydrogen) atoms. The van der Waals surface area contributed by atoms with Gasteiger partial charge in [0.15, 0.2) is 0 Å². The average molecular weight is 430 g/mol. The summed E-state index contributed by atoms with van der Waals surface area (Å²) < 4.78 is 63.8. The van der Waals surface area contributed by atoms with E-state index >= 15 is 0 Å². The third-order valence-corrected chi connectivity index (χ3v) is 5.12. The Labute approximate surface area is 121 Å². The van der Waals surface area contributed by atoms with E-state index in [9.17, 15) is 25.9 Å². The predicted molar refractivity (Wildman–Crippen MR) is 69.7 cm³/mol. The van der Waals surface area contributed by atoms with Gasteiger partial charge in [-0.3, -0.25) is 0 Å². The summed E-state index contributed by atoms with van der Waals surface area (Å²) in [5, 5.41) is 0. The minimum atomic E-state index is -4.74. The minimum Gasteiger partial charge on any atom is -0.744 e. The molecular weight excluding hydrogens is 420 g/mol. The van der Waals surface area contributed by atoms with E-state index < -0.39 is 30.0 Å². The van der Waals surface area contributed by atoms with Crippen LogP contribution in [-0.4, -0.2) is 25.9 Å². The topological polar surface area (TPSA) is 187 Å². The molecule has 106 valence electrons. The van der Waals surface area contributed by atoms with Crippen LogP contribution in [0, 0.1) is 0 Å². The molecule has 0 radical (unpaired) electrons. The van der Waals surface area contributed by atoms with E-state index in [1.165, 1.54) is 0 Å². The summed E-state index contributed by atoms with van der Waals surface area (Å²) in [4.78, 5) is -1.29. The summed E-state index contributed by atoms with van der Waals surface area (Å²) in [6, 6.07) is 1.52. The zero-order valence-corrected chi connectivity index (χ0v) is 14.0. The molecule has 12 heteroatoms. The molecule has 1 rings (SSSR count). The molecule has 0 aliphatic carbocycles. The molecule has 0 amide bonds. The molecular formula is C6H10Br2N2O6S2. The first-order chi connectivity index (χ1) is 7.03. The molecule has 0 saturated carbocycles. The lowest BCUT2D eigenvalue weighted by Crippen LogP contribution is -2.04. The maximum absolute atomic E-state index is 10.7. The molecule has 0 bridgehead atoms. The molecule has 0 aromatic heterocycles. The second-order valence-electron chi connectivity index (χ2n) is 2.62. The second-order valence-corrected chi connectivity index (χ2v) is 7.03. The summed E-state index contributed by atoms with van der Waals surface area (Å²) in [6.07, 6.45) is 0. The highest BCUT2D eigenvalue weighted by molar-refractivity contribution is 9.11. The van der Waals surface area contributed by atoms with E-state index in [1.54, 1.807) is 0 Å². The van der Waals surface area contributed by atoms with Crippen LogP contribution in [0.1, 0.15) is 0 Å². The molecule has 0 fully saturated rings. The fourth-order valence-corrected chi connectivity index (χ4v) is 4.19. The van der Waals surface area contributed by atoms with Gasteiger partial charge in [-0.1, -0.05) is 0 Å². The van der Waals surface area contributed by atoms with Gasteiger partial charge in [-0.05, 0) is 44.0 Å². The maximum Gasteiger partial charge on any atom is 0.125 e. The van der Waals surface area contributed by atoms with Gasteiger partial charge >= 0.3 is 0 Å². The van der Waals surface area contributed by atoms with Crippen LogP contribution < -0.4 is 12.3 Å². The third-order valence-electron chi connectivity index (χ3n) is 1.53. The molecule has 1 aromatic carbocycles. The summed E-state index contributed by atoms with van der Waals surface area (Å²) in [7, 11) is -9.48. The number of hydrogen-bond acceptors (Lipinski definition) is 6. The van der Waals surface area contributed by atoms with Crippen molar-refractivity contribution in [3.8, 4) is 0 Å². The summed E-state index contributed by atoms with van der Waals surface area (Å²) in [5.74, 6) is 0. The standard InChI is InChI=1S/C6H4Br2O6S2.2H3N/c7-3-1-5(15(9,10)11)4(8)2-6(3)16(12,13)14;;/h1-2H,(H,9,10,11)(H,12,13,14);2*1H3. The molecule has 0 aliphatic rings. The van der Waals surface area contributed by atoms with Crippen LogP contribution in [0.3, 0.4) is 0 Å². The van der Waals surface area contributed by atoms with Crippen LogP contribution >= 0.6 is 31.9 Å². The van der Waals surface area contributed by atoms with E-state index in [0.717, 1.165) is 12.1 Å². The van der Waals surface area contributed by atoms with Crippen molar-refractivity contribution < 1.29 is 25.9 Å². The molecule has 0 aliphatic heterocycles. The first kappa shape index (κ1) is 20.2. The Kier molecular flexibility index (Phi) is 7.18. The van der Waals surface area contributed by atoms with Crippen molar-refractivity contribution in [2.45, 2.75) is 9.79 Å². The lowest BCUT2D eigenvalue weighted by Gasteiger charge is -2.14. The lowest BCUT2D eigenvalue weighted by molar-refractivity contribution is 0.457. The minimum absolute atomic E-state index is 0. The maximum atomic E-state index is 10.7. The van der Waals surface area contributed by atoms with Gasteiger partial charge in [-0.2, -0.15) is 0 Å². The highest BCUT2D eigenvalue weighted by Gasteiger charge is 2.14. The van der Waals surface area contributed by atoms with Gasteiger partial charge in [0.05, 0.1) is 9.79 Å². The van der Waals surface area contributed by atoms with E-state index in [2.05, 4.69) is 31.9 Å². The highest BCUT2D eigenvalue weighted by atomic mass is 79.9. The number of hydrogen-bond donors (Lipinski definition) is 2. The van der Waals surface area contributed by atoms with Crippen molar-refractivity contribution in [1.82, 2.24) is 12.3 Å². The van der Waals surface area contributed by atoms with Gasteiger partial charge in [0.1, 0.15) is 20.2 Å². The quantitative estimate of drug-likeness (QED) is 0.673. The van der Waals surface area contributed by atoms with Crippen molar-refractivity contribution >= 4 is 52.1 Å². The van der Waals surface area contributed by atoms with Crippen LogP contribution in [-0.2, 0) is 20.2 Å². The smallest absolute Gasteiger partial charge is 0.125 e. The van der Waals surface area contributed by atoms with E-state index in [4.69, 9.17) is 0 Å². The molecule has 0 saturated heterocycles. The zero-order valence-electron chi connectivity index (χ0n) is 9.18. The third kappa shape index (κ3) is 4.55. The second kappa shape index (κ2) is 6.38. The Morgan fingerprint density at radius 3 is 1.17 bits per heavy atom. The first-order valence-electron chi connectivity index (χ1n) is 3.44. The molecule has 8 nitrogen and oxygen atoms in total. The number of halogens is 2. The Bertz CT molecular complexity index is 585. The van der Waals surface area contributed by atoms with Gasteiger partial charge < -0.3 is 21.4 Å². The molecule has 1 aromatic rings. The summed E-state index contributed by atoms with van der Waals surface area (Å²) >= 11 is 5.41. The normalized spacial score (nSPS) is 11.3. The van der Waals surface area contributed by atoms with Crippen LogP contribution in [0.2, 0.25) is 0 Å². The molecule has 0 atom stereocenters. The monoisotopic (exact) mass is 428 g/mol. The van der Waals surface area contributed by atoms with Crippen molar-refractivity contribution in [2.75, 3.05) is 0 Å². The molecule has 0 spiro atoms. The molecule has 8 N–H and O–H groups in total. The summed E-state index contributed by atoms with van der Waals surface area (Å²) in [6.45, 7) is 0. The summed E-state index contributed by atoms with van der Waals surface area (Å²) in [5.41, 5.74) is 0. The predicted octanol–water partition coefficient (Wildman–Crippen LogP) is 1.77. The molecule has 0 unspecified atom stereocenters. The van der Waals surface area contributed by atoms with Crippen molar-refractivity contribution in [2.24, 2.45) is 0 Å². The Morgan fingerprint density at radius 2 is 1.00 bits per heavy atom. The highest BCUT2D eigenvalue weighted by Crippen LogP contribution is 2.31. The fourth-order valence-electron chi connectivity index (χ4n) is 0.894. The van der Waals surface area contributed by atoms with Crippen LogP contribution in [0.4, 0.5) is 0 Å². The Morgan fingerprint density at radius 1 is 0.778 bits per heavy atom. The first-order valence-corrected chi connectivity index (χ1v) is 7.84. The average Bonchev–Trinajstić information content (AvgIpc) is 2.04. The van der Waals surface area contributed by atoms with Crippen molar-refractivity contribution in [3.05, 3.63) is 21.1 Å². The van der Waals surface area contributed by atoms with E-state index in [1.807, 2.05) is 0 Å². The van der Waals surface area contributed by atoms with Gasteiger partial charge in [-0.25, -0.2) is 16.8 Å². The number of quaternary nitrogens is 2. The van der Waals surface area contributed by atoms with Gasteiger partial charge in [0.2, 0.25) is 0 Å². The van der Waals surface area contributed by atoms with Crippen molar-refractivity contribution in [3.63, 3.8) is 0 Å². The Hall–Kier alpha value is -0.0800. The fraction of sp³-hybridized carbons (Fsp3) is 0. The SMILES string of the molecule is O=S(=O)([O-])c1cc(Br)c(S(=O)(=O)[O-])cc1Br.[NH4+].[NH4+].